The summed E-state index contributed by atoms with van der Waals surface area (Å²) in [5, 5.41) is 3.27. The van der Waals surface area contributed by atoms with E-state index in [0.29, 0.717) is 16.9 Å². The second-order valence-corrected chi connectivity index (χ2v) is 4.37. The zero-order valence-electron chi connectivity index (χ0n) is 10.1. The van der Waals surface area contributed by atoms with Gasteiger partial charge in [-0.15, -0.1) is 0 Å². The van der Waals surface area contributed by atoms with Crippen molar-refractivity contribution < 1.29 is 0 Å². The van der Waals surface area contributed by atoms with Crippen LogP contribution in [0.15, 0.2) is 35.3 Å². The van der Waals surface area contributed by atoms with Crippen LogP contribution in [-0.2, 0) is 13.0 Å². The van der Waals surface area contributed by atoms with Gasteiger partial charge < -0.3 is 10.3 Å². The maximum Gasteiger partial charge on any atom is 0.256 e. The summed E-state index contributed by atoms with van der Waals surface area (Å²) in [5.74, 6) is 0. The molecule has 0 atom stereocenters. The van der Waals surface area contributed by atoms with Gasteiger partial charge in [0.1, 0.15) is 0 Å². The van der Waals surface area contributed by atoms with Crippen molar-refractivity contribution in [3.63, 3.8) is 0 Å². The van der Waals surface area contributed by atoms with Gasteiger partial charge in [0.15, 0.2) is 4.77 Å². The van der Waals surface area contributed by atoms with E-state index in [1.54, 1.807) is 6.20 Å². The molecule has 0 saturated heterocycles. The van der Waals surface area contributed by atoms with E-state index in [0.717, 1.165) is 12.1 Å². The minimum atomic E-state index is -0.153. The molecule has 0 bridgehead atoms. The fourth-order valence-electron chi connectivity index (χ4n) is 1.76. The van der Waals surface area contributed by atoms with E-state index in [9.17, 15) is 4.79 Å². The highest BCUT2D eigenvalue weighted by atomic mass is 32.1. The number of hydrogen-bond donors (Lipinski definition) is 3. The van der Waals surface area contributed by atoms with Gasteiger partial charge in [-0.2, -0.15) is 0 Å². The monoisotopic (exact) mass is 261 g/mol. The van der Waals surface area contributed by atoms with Crippen LogP contribution in [0.25, 0.3) is 0 Å². The predicted molar refractivity (Wildman–Crippen MR) is 75.4 cm³/mol. The molecule has 1 aromatic carbocycles. The zero-order valence-corrected chi connectivity index (χ0v) is 10.9. The van der Waals surface area contributed by atoms with Crippen LogP contribution in [-0.4, -0.2) is 9.97 Å². The highest BCUT2D eigenvalue weighted by Crippen LogP contribution is 2.15. The molecule has 0 fully saturated rings. The average molecular weight is 261 g/mol. The van der Waals surface area contributed by atoms with Gasteiger partial charge in [-0.3, -0.25) is 9.78 Å². The summed E-state index contributed by atoms with van der Waals surface area (Å²) in [5.41, 5.74) is 2.77. The number of para-hydroxylation sites is 1. The van der Waals surface area contributed by atoms with Crippen LogP contribution in [0, 0.1) is 4.77 Å². The largest absolute Gasteiger partial charge is 0.380 e. The number of aryl methyl sites for hydroxylation is 1. The Morgan fingerprint density at radius 2 is 2.06 bits per heavy atom. The van der Waals surface area contributed by atoms with Crippen molar-refractivity contribution in [3.8, 4) is 0 Å². The fourth-order valence-corrected chi connectivity index (χ4v) is 1.91. The third kappa shape index (κ3) is 2.87. The van der Waals surface area contributed by atoms with E-state index in [1.807, 2.05) is 18.2 Å². The molecule has 5 heteroatoms. The zero-order chi connectivity index (χ0) is 13.0. The average Bonchev–Trinajstić information content (AvgIpc) is 2.38. The molecule has 0 unspecified atom stereocenters. The molecule has 18 heavy (non-hydrogen) atoms. The van der Waals surface area contributed by atoms with E-state index < -0.39 is 0 Å². The topological polar surface area (TPSA) is 60.7 Å². The molecule has 0 saturated carbocycles. The van der Waals surface area contributed by atoms with Crippen LogP contribution in [0.3, 0.4) is 0 Å². The standard InChI is InChI=1S/C13H15N3OS/c1-2-9-5-3-4-6-11(9)14-7-10-8-15-13(18)16-12(10)17/h3-6,8,14H,2,7H2,1H3,(H2,15,16,17,18). The second-order valence-electron chi connectivity index (χ2n) is 3.96. The molecule has 0 amide bonds. The van der Waals surface area contributed by atoms with Crippen molar-refractivity contribution in [1.29, 1.82) is 0 Å². The van der Waals surface area contributed by atoms with Gasteiger partial charge in [0.2, 0.25) is 0 Å². The third-order valence-corrected chi connectivity index (χ3v) is 2.98. The highest BCUT2D eigenvalue weighted by molar-refractivity contribution is 7.71. The summed E-state index contributed by atoms with van der Waals surface area (Å²) in [6, 6.07) is 8.07. The molecule has 1 heterocycles. The number of nitrogens with one attached hydrogen (secondary N) is 3. The van der Waals surface area contributed by atoms with E-state index in [-0.39, 0.29) is 5.56 Å². The van der Waals surface area contributed by atoms with Gasteiger partial charge in [0, 0.05) is 18.4 Å². The smallest absolute Gasteiger partial charge is 0.256 e. The van der Waals surface area contributed by atoms with Crippen LogP contribution in [0.4, 0.5) is 5.69 Å². The molecule has 2 aromatic rings. The third-order valence-electron chi connectivity index (χ3n) is 2.76. The van der Waals surface area contributed by atoms with Crippen molar-refractivity contribution in [3.05, 3.63) is 56.7 Å². The first-order valence-electron chi connectivity index (χ1n) is 5.83. The van der Waals surface area contributed by atoms with Crippen LogP contribution in [0.5, 0.6) is 0 Å². The summed E-state index contributed by atoms with van der Waals surface area (Å²) < 4.78 is 0.345. The Morgan fingerprint density at radius 1 is 1.28 bits per heavy atom. The molecule has 2 rings (SSSR count). The summed E-state index contributed by atoms with van der Waals surface area (Å²) >= 11 is 4.84. The normalized spacial score (nSPS) is 10.3. The van der Waals surface area contributed by atoms with Gasteiger partial charge >= 0.3 is 0 Å². The quantitative estimate of drug-likeness (QED) is 0.741. The first kappa shape index (κ1) is 12.6. The Balaban J connectivity index is 2.16. The van der Waals surface area contributed by atoms with Gasteiger partial charge in [-0.25, -0.2) is 0 Å². The lowest BCUT2D eigenvalue weighted by Crippen LogP contribution is -2.16. The van der Waals surface area contributed by atoms with E-state index in [4.69, 9.17) is 12.2 Å². The van der Waals surface area contributed by atoms with E-state index >= 15 is 0 Å². The first-order chi connectivity index (χ1) is 8.70. The van der Waals surface area contributed by atoms with Crippen molar-refractivity contribution in [2.45, 2.75) is 19.9 Å². The van der Waals surface area contributed by atoms with E-state index in [1.165, 1.54) is 5.56 Å². The Labute approximate surface area is 110 Å². The van der Waals surface area contributed by atoms with Gasteiger partial charge in [-0.1, -0.05) is 25.1 Å². The number of benzene rings is 1. The van der Waals surface area contributed by atoms with Crippen molar-refractivity contribution >= 4 is 17.9 Å². The van der Waals surface area contributed by atoms with Crippen LogP contribution in [0.2, 0.25) is 0 Å². The number of hydrogen-bond acceptors (Lipinski definition) is 3. The first-order valence-corrected chi connectivity index (χ1v) is 6.24. The van der Waals surface area contributed by atoms with Gasteiger partial charge in [-0.05, 0) is 30.3 Å². The molecular formula is C13H15N3OS. The number of anilines is 1. The number of rotatable bonds is 4. The van der Waals surface area contributed by atoms with Crippen LogP contribution < -0.4 is 10.9 Å². The Bertz CT molecular complexity index is 645. The lowest BCUT2D eigenvalue weighted by molar-refractivity contribution is 0.990. The maximum atomic E-state index is 11.6. The Hall–Kier alpha value is -1.88. The van der Waals surface area contributed by atoms with Crippen molar-refractivity contribution in [2.75, 3.05) is 5.32 Å². The van der Waals surface area contributed by atoms with Crippen LogP contribution >= 0.6 is 12.2 Å². The number of aromatic nitrogens is 2. The highest BCUT2D eigenvalue weighted by Gasteiger charge is 2.02. The number of H-pyrrole nitrogens is 2. The molecule has 3 N–H and O–H groups in total. The minimum absolute atomic E-state index is 0.153. The van der Waals surface area contributed by atoms with E-state index in [2.05, 4.69) is 28.3 Å². The molecule has 0 aliphatic carbocycles. The van der Waals surface area contributed by atoms with Crippen molar-refractivity contribution in [1.82, 2.24) is 9.97 Å². The molecule has 94 valence electrons. The summed E-state index contributed by atoms with van der Waals surface area (Å²) in [6.45, 7) is 2.57. The summed E-state index contributed by atoms with van der Waals surface area (Å²) in [7, 11) is 0. The SMILES string of the molecule is CCc1ccccc1NCc1c[nH]c(=S)[nH]c1=O. The maximum absolute atomic E-state index is 11.6. The molecule has 1 aromatic heterocycles. The molecule has 4 nitrogen and oxygen atoms in total. The molecule has 0 radical (unpaired) electrons. The molecule has 0 aliphatic rings. The lowest BCUT2D eigenvalue weighted by atomic mass is 10.1. The summed E-state index contributed by atoms with van der Waals surface area (Å²) in [4.78, 5) is 17.0. The number of aromatic amines is 2. The fraction of sp³-hybridized carbons (Fsp3) is 0.231. The Morgan fingerprint density at radius 3 is 2.78 bits per heavy atom. The summed E-state index contributed by atoms with van der Waals surface area (Å²) in [6.07, 6.45) is 2.60. The minimum Gasteiger partial charge on any atom is -0.380 e. The van der Waals surface area contributed by atoms with Crippen molar-refractivity contribution in [2.24, 2.45) is 0 Å². The van der Waals surface area contributed by atoms with Crippen LogP contribution in [0.1, 0.15) is 18.1 Å². The van der Waals surface area contributed by atoms with Gasteiger partial charge in [0.25, 0.3) is 5.56 Å². The second kappa shape index (κ2) is 5.64. The van der Waals surface area contributed by atoms with Gasteiger partial charge in [0.05, 0.1) is 5.56 Å². The Kier molecular flexibility index (Phi) is 3.94. The molecule has 0 aliphatic heterocycles. The predicted octanol–water partition coefficient (Wildman–Crippen LogP) is 2.61. The lowest BCUT2D eigenvalue weighted by Gasteiger charge is -2.10. The molecular weight excluding hydrogens is 246 g/mol. The molecule has 0 spiro atoms.